The lowest BCUT2D eigenvalue weighted by Gasteiger charge is -2.23. The molecule has 2 heterocycles. The van der Waals surface area contributed by atoms with Crippen molar-refractivity contribution >= 4 is 11.7 Å². The maximum atomic E-state index is 13.2. The third-order valence-corrected chi connectivity index (χ3v) is 3.56. The highest BCUT2D eigenvalue weighted by Gasteiger charge is 2.25. The molecule has 0 saturated heterocycles. The van der Waals surface area contributed by atoms with E-state index in [1.807, 2.05) is 0 Å². The number of carbonyl (C=O) groups is 1. The summed E-state index contributed by atoms with van der Waals surface area (Å²) in [5, 5.41) is 20.1. The number of alkyl halides is 2. The molecule has 3 N–H and O–H groups in total. The molecular weight excluding hydrogens is 366 g/mol. The number of nitrogens with one attached hydrogen (secondary N) is 1. The molecule has 0 bridgehead atoms. The minimum absolute atomic E-state index is 0.104. The second kappa shape index (κ2) is 9.26. The second-order valence-corrected chi connectivity index (χ2v) is 5.46. The first-order valence-corrected chi connectivity index (χ1v) is 7.84. The average Bonchev–Trinajstić information content (AvgIpc) is 2.63. The van der Waals surface area contributed by atoms with Gasteiger partial charge in [-0.25, -0.2) is 13.6 Å². The molecule has 0 unspecified atom stereocenters. The monoisotopic (exact) mass is 384 g/mol. The van der Waals surface area contributed by atoms with Gasteiger partial charge in [-0.2, -0.15) is 4.98 Å². The molecule has 27 heavy (non-hydrogen) atoms. The third kappa shape index (κ3) is 5.12. The number of rotatable bonds is 8. The molecule has 0 saturated carbocycles. The second-order valence-electron chi connectivity index (χ2n) is 5.46. The number of hydrogen-bond acceptors (Lipinski definition) is 7. The van der Waals surface area contributed by atoms with E-state index in [-0.39, 0.29) is 11.5 Å². The van der Waals surface area contributed by atoms with E-state index in [0.29, 0.717) is 10.1 Å². The van der Waals surface area contributed by atoms with E-state index in [4.69, 9.17) is 14.9 Å². The molecule has 0 aromatic carbocycles. The largest absolute Gasteiger partial charge is 0.393 e. The summed E-state index contributed by atoms with van der Waals surface area (Å²) < 4.78 is 31.6. The van der Waals surface area contributed by atoms with Gasteiger partial charge in [0, 0.05) is 12.4 Å². The zero-order valence-corrected chi connectivity index (χ0v) is 14.2. The number of pyridine rings is 1. The normalized spacial score (nSPS) is 14.4. The summed E-state index contributed by atoms with van der Waals surface area (Å²) in [5.74, 6) is -0.690. The number of aromatic nitrogens is 3. The van der Waals surface area contributed by atoms with Crippen LogP contribution in [0.5, 0.6) is 0 Å². The highest BCUT2D eigenvalue weighted by molar-refractivity contribution is 6.03. The van der Waals surface area contributed by atoms with E-state index >= 15 is 0 Å². The van der Waals surface area contributed by atoms with Crippen LogP contribution in [0.1, 0.15) is 22.3 Å². The summed E-state index contributed by atoms with van der Waals surface area (Å²) in [6.45, 7) is -0.481. The molecule has 0 aliphatic rings. The number of nitrogens with zero attached hydrogens (tertiary/aromatic N) is 3. The van der Waals surface area contributed by atoms with Crippen LogP contribution in [0.3, 0.4) is 0 Å². The van der Waals surface area contributed by atoms with E-state index < -0.39 is 43.6 Å². The third-order valence-electron chi connectivity index (χ3n) is 3.56. The summed E-state index contributed by atoms with van der Waals surface area (Å²) in [6.07, 6.45) is -3.39. The van der Waals surface area contributed by atoms with Crippen LogP contribution in [0.25, 0.3) is 0 Å². The van der Waals surface area contributed by atoms with Crippen LogP contribution in [0.4, 0.5) is 14.6 Å². The Bertz CT molecular complexity index is 846. The topological polar surface area (TPSA) is 127 Å². The Morgan fingerprint density at radius 3 is 2.74 bits per heavy atom. The standard InChI is InChI=1S/C16H18F2N4O5/c1-9-3-2-5-19-13(9)15(25)20-11-4-6-22(16(26)21-11)12(7-17)27-10(8-23)14(18)24/h2-6,10,12,14,23-24H,7-8H2,1H3,(H,20,21,25,26)/t10-,12-,14-/m1/s1. The minimum Gasteiger partial charge on any atom is -0.393 e. The van der Waals surface area contributed by atoms with Gasteiger partial charge >= 0.3 is 5.69 Å². The maximum absolute atomic E-state index is 13.2. The van der Waals surface area contributed by atoms with Crippen molar-refractivity contribution in [1.29, 1.82) is 0 Å². The minimum atomic E-state index is -2.56. The first-order chi connectivity index (χ1) is 12.9. The summed E-state index contributed by atoms with van der Waals surface area (Å²) in [6, 6.07) is 4.56. The van der Waals surface area contributed by atoms with Crippen LogP contribution in [-0.4, -0.2) is 56.4 Å². The van der Waals surface area contributed by atoms with Gasteiger partial charge in [0.05, 0.1) is 6.61 Å². The molecule has 146 valence electrons. The van der Waals surface area contributed by atoms with E-state index in [9.17, 15) is 18.4 Å². The van der Waals surface area contributed by atoms with E-state index in [1.54, 1.807) is 19.1 Å². The Labute approximate surface area is 152 Å². The molecule has 3 atom stereocenters. The number of amides is 1. The molecule has 2 aromatic heterocycles. The Hall–Kier alpha value is -2.76. The Morgan fingerprint density at radius 1 is 1.44 bits per heavy atom. The van der Waals surface area contributed by atoms with Gasteiger partial charge in [0.15, 0.2) is 6.23 Å². The smallest absolute Gasteiger partial charge is 0.351 e. The van der Waals surface area contributed by atoms with Crippen LogP contribution < -0.4 is 11.0 Å². The van der Waals surface area contributed by atoms with Crippen LogP contribution >= 0.6 is 0 Å². The molecule has 11 heteroatoms. The van der Waals surface area contributed by atoms with Gasteiger partial charge in [-0.1, -0.05) is 6.07 Å². The lowest BCUT2D eigenvalue weighted by molar-refractivity contribution is -0.165. The molecule has 2 rings (SSSR count). The van der Waals surface area contributed by atoms with Gasteiger partial charge in [-0.15, -0.1) is 0 Å². The highest BCUT2D eigenvalue weighted by atomic mass is 19.1. The van der Waals surface area contributed by atoms with Crippen molar-refractivity contribution in [2.45, 2.75) is 25.6 Å². The number of halogens is 2. The quantitative estimate of drug-likeness (QED) is 0.599. The van der Waals surface area contributed by atoms with Gasteiger partial charge < -0.3 is 20.3 Å². The summed E-state index contributed by atoms with van der Waals surface area (Å²) in [4.78, 5) is 31.8. The fourth-order valence-electron chi connectivity index (χ4n) is 2.17. The molecule has 2 aromatic rings. The Morgan fingerprint density at radius 2 is 2.19 bits per heavy atom. The fourth-order valence-corrected chi connectivity index (χ4v) is 2.17. The number of carbonyl (C=O) groups excluding carboxylic acids is 1. The van der Waals surface area contributed by atoms with Crippen LogP contribution in [-0.2, 0) is 4.74 Å². The van der Waals surface area contributed by atoms with Crippen molar-refractivity contribution < 1.29 is 28.5 Å². The van der Waals surface area contributed by atoms with Crippen molar-refractivity contribution in [1.82, 2.24) is 14.5 Å². The predicted octanol–water partition coefficient (Wildman–Crippen LogP) is 0.333. The van der Waals surface area contributed by atoms with E-state index in [2.05, 4.69) is 15.3 Å². The molecule has 9 nitrogen and oxygen atoms in total. The van der Waals surface area contributed by atoms with Crippen LogP contribution in [0.15, 0.2) is 35.4 Å². The van der Waals surface area contributed by atoms with Crippen molar-refractivity contribution in [3.05, 3.63) is 52.3 Å². The zero-order valence-electron chi connectivity index (χ0n) is 14.2. The summed E-state index contributed by atoms with van der Waals surface area (Å²) in [7, 11) is 0. The number of aliphatic hydroxyl groups is 2. The lowest BCUT2D eigenvalue weighted by atomic mass is 10.2. The van der Waals surface area contributed by atoms with Gasteiger partial charge in [0.25, 0.3) is 5.91 Å². The Kier molecular flexibility index (Phi) is 7.05. The molecule has 0 fully saturated rings. The molecule has 0 aliphatic heterocycles. The van der Waals surface area contributed by atoms with E-state index in [0.717, 1.165) is 6.20 Å². The van der Waals surface area contributed by atoms with Crippen molar-refractivity contribution in [3.63, 3.8) is 0 Å². The molecule has 0 aliphatic carbocycles. The van der Waals surface area contributed by atoms with Crippen LogP contribution in [0.2, 0.25) is 0 Å². The zero-order chi connectivity index (χ0) is 20.0. The van der Waals surface area contributed by atoms with Crippen molar-refractivity contribution in [2.24, 2.45) is 0 Å². The number of anilines is 1. The number of hydrogen-bond donors (Lipinski definition) is 3. The number of aryl methyl sites for hydroxylation is 1. The van der Waals surface area contributed by atoms with E-state index in [1.165, 1.54) is 12.3 Å². The van der Waals surface area contributed by atoms with Crippen molar-refractivity contribution in [3.8, 4) is 0 Å². The SMILES string of the molecule is Cc1cccnc1C(=O)Nc1ccn([C@@H](CF)O[C@H](CO)[C@@H](O)F)c(=O)n1. The van der Waals surface area contributed by atoms with Gasteiger partial charge in [0.1, 0.15) is 24.3 Å². The van der Waals surface area contributed by atoms with Gasteiger partial charge in [-0.3, -0.25) is 14.3 Å². The Balaban J connectivity index is 2.18. The number of ether oxygens (including phenoxy) is 1. The fraction of sp³-hybridized carbons (Fsp3) is 0.375. The maximum Gasteiger partial charge on any atom is 0.351 e. The lowest BCUT2D eigenvalue weighted by Crippen LogP contribution is -2.37. The highest BCUT2D eigenvalue weighted by Crippen LogP contribution is 2.14. The summed E-state index contributed by atoms with van der Waals surface area (Å²) >= 11 is 0. The first-order valence-electron chi connectivity index (χ1n) is 7.84. The molecule has 0 spiro atoms. The van der Waals surface area contributed by atoms with Crippen molar-refractivity contribution in [2.75, 3.05) is 18.6 Å². The summed E-state index contributed by atoms with van der Waals surface area (Å²) in [5.41, 5.74) is -0.219. The molecule has 0 radical (unpaired) electrons. The number of aliphatic hydroxyl groups excluding tert-OH is 2. The van der Waals surface area contributed by atoms with Gasteiger partial charge in [-0.05, 0) is 24.6 Å². The molecule has 1 amide bonds. The molecular formula is C16H18F2N4O5. The first kappa shape index (κ1) is 20.6. The average molecular weight is 384 g/mol. The van der Waals surface area contributed by atoms with Gasteiger partial charge in [0.2, 0.25) is 6.36 Å². The van der Waals surface area contributed by atoms with Crippen LogP contribution in [0, 0.1) is 6.92 Å². The predicted molar refractivity (Wildman–Crippen MR) is 89.5 cm³/mol.